The molecule has 114 valence electrons. The molecule has 0 bridgehead atoms. The lowest BCUT2D eigenvalue weighted by molar-refractivity contribution is 0.465. The zero-order valence-electron chi connectivity index (χ0n) is 13.3. The van der Waals surface area contributed by atoms with Crippen LogP contribution in [0.25, 0.3) is 0 Å². The molecule has 0 saturated heterocycles. The topological polar surface area (TPSA) is 68.8 Å². The molecule has 0 saturated carbocycles. The Kier molecular flexibility index (Phi) is 5.09. The van der Waals surface area contributed by atoms with Gasteiger partial charge in [-0.15, -0.1) is 0 Å². The fourth-order valence-electron chi connectivity index (χ4n) is 2.45. The Balaban J connectivity index is 2.17. The van der Waals surface area contributed by atoms with Gasteiger partial charge in [-0.3, -0.25) is 20.9 Å². The molecule has 2 atom stereocenters. The van der Waals surface area contributed by atoms with E-state index < -0.39 is 0 Å². The summed E-state index contributed by atoms with van der Waals surface area (Å²) in [6.07, 6.45) is 5.71. The molecule has 0 aromatic carbocycles. The number of nitrogens with two attached hydrogens (primary N) is 1. The van der Waals surface area contributed by atoms with Gasteiger partial charge in [0.25, 0.3) is 0 Å². The SMILES string of the molecule is CCC(C)n1ccc(CC(NN)c2ncc(C)cc2C)n1. The first-order chi connectivity index (χ1) is 10.0. The number of hydrogen-bond acceptors (Lipinski definition) is 4. The Bertz CT molecular complexity index is 590. The molecule has 0 radical (unpaired) electrons. The van der Waals surface area contributed by atoms with Crippen molar-refractivity contribution in [3.63, 3.8) is 0 Å². The normalized spacial score (nSPS) is 14.1. The first-order valence-corrected chi connectivity index (χ1v) is 7.48. The average molecular weight is 287 g/mol. The zero-order valence-corrected chi connectivity index (χ0v) is 13.3. The second-order valence-corrected chi connectivity index (χ2v) is 5.68. The Morgan fingerprint density at radius 3 is 2.76 bits per heavy atom. The predicted molar refractivity (Wildman–Crippen MR) is 84.7 cm³/mol. The summed E-state index contributed by atoms with van der Waals surface area (Å²) >= 11 is 0. The monoisotopic (exact) mass is 287 g/mol. The first-order valence-electron chi connectivity index (χ1n) is 7.48. The Hall–Kier alpha value is -1.72. The number of aryl methyl sites for hydroxylation is 2. The fourth-order valence-corrected chi connectivity index (χ4v) is 2.45. The Labute approximate surface area is 126 Å². The number of pyridine rings is 1. The largest absolute Gasteiger partial charge is 0.271 e. The molecule has 0 aliphatic rings. The van der Waals surface area contributed by atoms with Crippen molar-refractivity contribution in [1.29, 1.82) is 0 Å². The average Bonchev–Trinajstić information content (AvgIpc) is 2.93. The summed E-state index contributed by atoms with van der Waals surface area (Å²) in [7, 11) is 0. The second-order valence-electron chi connectivity index (χ2n) is 5.68. The highest BCUT2D eigenvalue weighted by atomic mass is 15.3. The molecule has 3 N–H and O–H groups in total. The summed E-state index contributed by atoms with van der Waals surface area (Å²) in [6, 6.07) is 4.58. The smallest absolute Gasteiger partial charge is 0.0690 e. The molecule has 0 spiro atoms. The number of rotatable bonds is 6. The minimum Gasteiger partial charge on any atom is -0.271 e. The van der Waals surface area contributed by atoms with Gasteiger partial charge in [-0.05, 0) is 44.4 Å². The first kappa shape index (κ1) is 15.7. The van der Waals surface area contributed by atoms with Gasteiger partial charge in [0.15, 0.2) is 0 Å². The molecule has 5 nitrogen and oxygen atoms in total. The van der Waals surface area contributed by atoms with E-state index in [4.69, 9.17) is 5.84 Å². The third-order valence-corrected chi connectivity index (χ3v) is 3.91. The van der Waals surface area contributed by atoms with Crippen molar-refractivity contribution in [3.8, 4) is 0 Å². The number of aromatic nitrogens is 3. The lowest BCUT2D eigenvalue weighted by atomic mass is 10.0. The second kappa shape index (κ2) is 6.83. The summed E-state index contributed by atoms with van der Waals surface area (Å²) in [6.45, 7) is 8.44. The summed E-state index contributed by atoms with van der Waals surface area (Å²) in [4.78, 5) is 4.53. The van der Waals surface area contributed by atoms with Gasteiger partial charge >= 0.3 is 0 Å². The van der Waals surface area contributed by atoms with Gasteiger partial charge in [-0.1, -0.05) is 13.0 Å². The van der Waals surface area contributed by atoms with E-state index in [2.05, 4.69) is 48.4 Å². The van der Waals surface area contributed by atoms with Crippen molar-refractivity contribution in [3.05, 3.63) is 47.0 Å². The molecule has 0 aliphatic heterocycles. The van der Waals surface area contributed by atoms with Crippen molar-refractivity contribution < 1.29 is 0 Å². The third-order valence-electron chi connectivity index (χ3n) is 3.91. The highest BCUT2D eigenvalue weighted by Gasteiger charge is 2.16. The molecule has 2 heterocycles. The van der Waals surface area contributed by atoms with E-state index in [0.29, 0.717) is 6.04 Å². The van der Waals surface area contributed by atoms with Crippen molar-refractivity contribution >= 4 is 0 Å². The maximum absolute atomic E-state index is 5.73. The number of nitrogens with zero attached hydrogens (tertiary/aromatic N) is 3. The molecule has 5 heteroatoms. The maximum Gasteiger partial charge on any atom is 0.0690 e. The van der Waals surface area contributed by atoms with Crippen molar-refractivity contribution in [2.24, 2.45) is 5.84 Å². The molecule has 2 rings (SSSR count). The van der Waals surface area contributed by atoms with Crippen LogP contribution in [-0.4, -0.2) is 14.8 Å². The quantitative estimate of drug-likeness (QED) is 0.633. The molecule has 2 unspecified atom stereocenters. The Morgan fingerprint density at radius 2 is 2.14 bits per heavy atom. The molecule has 0 amide bonds. The summed E-state index contributed by atoms with van der Waals surface area (Å²) in [5.74, 6) is 5.73. The maximum atomic E-state index is 5.73. The molecule has 0 fully saturated rings. The Morgan fingerprint density at radius 1 is 1.38 bits per heavy atom. The molecule has 2 aromatic rings. The van der Waals surface area contributed by atoms with Gasteiger partial charge in [0.05, 0.1) is 17.4 Å². The number of hydrazine groups is 1. The van der Waals surface area contributed by atoms with Gasteiger partial charge in [-0.2, -0.15) is 5.10 Å². The number of hydrogen-bond donors (Lipinski definition) is 2. The minimum absolute atomic E-state index is 0.0223. The van der Waals surface area contributed by atoms with Crippen LogP contribution in [0.15, 0.2) is 24.5 Å². The minimum atomic E-state index is -0.0223. The predicted octanol–water partition coefficient (Wildman–Crippen LogP) is 2.61. The highest BCUT2D eigenvalue weighted by Crippen LogP contribution is 2.20. The molecule has 2 aromatic heterocycles. The van der Waals surface area contributed by atoms with Crippen LogP contribution in [0.5, 0.6) is 0 Å². The van der Waals surface area contributed by atoms with E-state index in [9.17, 15) is 0 Å². The summed E-state index contributed by atoms with van der Waals surface area (Å²) in [5.41, 5.74) is 7.20. The van der Waals surface area contributed by atoms with Crippen LogP contribution in [0.1, 0.15) is 54.9 Å². The van der Waals surface area contributed by atoms with Gasteiger partial charge in [0.1, 0.15) is 0 Å². The molecule has 21 heavy (non-hydrogen) atoms. The third kappa shape index (κ3) is 3.68. The number of nitrogens with one attached hydrogen (secondary N) is 1. The van der Waals surface area contributed by atoms with Crippen molar-refractivity contribution in [2.75, 3.05) is 0 Å². The van der Waals surface area contributed by atoms with Crippen molar-refractivity contribution in [1.82, 2.24) is 20.2 Å². The van der Waals surface area contributed by atoms with E-state index in [-0.39, 0.29) is 6.04 Å². The molecular formula is C16H25N5. The standard InChI is InChI=1S/C16H25N5/c1-5-13(4)21-7-6-14(20-21)9-15(19-17)16-12(3)8-11(2)10-18-16/h6-8,10,13,15,19H,5,9,17H2,1-4H3. The molecule has 0 aliphatic carbocycles. The summed E-state index contributed by atoms with van der Waals surface area (Å²) in [5, 5.41) is 4.63. The lowest BCUT2D eigenvalue weighted by Gasteiger charge is -2.17. The van der Waals surface area contributed by atoms with E-state index >= 15 is 0 Å². The summed E-state index contributed by atoms with van der Waals surface area (Å²) < 4.78 is 2.01. The van der Waals surface area contributed by atoms with E-state index in [1.54, 1.807) is 0 Å². The van der Waals surface area contributed by atoms with E-state index in [1.165, 1.54) is 0 Å². The fraction of sp³-hybridized carbons (Fsp3) is 0.500. The van der Waals surface area contributed by atoms with Gasteiger partial charge < -0.3 is 0 Å². The lowest BCUT2D eigenvalue weighted by Crippen LogP contribution is -2.31. The van der Waals surface area contributed by atoms with Crippen molar-refractivity contribution in [2.45, 2.75) is 52.6 Å². The van der Waals surface area contributed by atoms with Gasteiger partial charge in [0, 0.05) is 24.9 Å². The van der Waals surface area contributed by atoms with Crippen LogP contribution in [0.4, 0.5) is 0 Å². The van der Waals surface area contributed by atoms with Gasteiger partial charge in [0.2, 0.25) is 0 Å². The zero-order chi connectivity index (χ0) is 15.4. The van der Waals surface area contributed by atoms with Gasteiger partial charge in [-0.25, -0.2) is 0 Å². The van der Waals surface area contributed by atoms with E-state index in [0.717, 1.165) is 35.4 Å². The van der Waals surface area contributed by atoms with Crippen LogP contribution in [0, 0.1) is 13.8 Å². The highest BCUT2D eigenvalue weighted by molar-refractivity contribution is 5.26. The van der Waals surface area contributed by atoms with Crippen LogP contribution >= 0.6 is 0 Å². The van der Waals surface area contributed by atoms with Crippen LogP contribution < -0.4 is 11.3 Å². The van der Waals surface area contributed by atoms with Crippen LogP contribution in [-0.2, 0) is 6.42 Å². The van der Waals surface area contributed by atoms with E-state index in [1.807, 2.05) is 24.0 Å². The molecular weight excluding hydrogens is 262 g/mol. The van der Waals surface area contributed by atoms with Crippen LogP contribution in [0.2, 0.25) is 0 Å². The van der Waals surface area contributed by atoms with Crippen LogP contribution in [0.3, 0.4) is 0 Å².